The number of rotatable bonds is 10. The highest BCUT2D eigenvalue weighted by atomic mass is 15.0. The Bertz CT molecular complexity index is 5280. The molecular formula is C91H60N4. The van der Waals surface area contributed by atoms with Crippen LogP contribution in [-0.4, -0.2) is 9.13 Å². The lowest BCUT2D eigenvalue weighted by molar-refractivity contribution is 0.510. The molecule has 2 atom stereocenters. The van der Waals surface area contributed by atoms with Crippen molar-refractivity contribution in [2.75, 3.05) is 0 Å². The fraction of sp³-hybridized carbons (Fsp3) is 0.0549. The van der Waals surface area contributed by atoms with Crippen molar-refractivity contribution >= 4 is 49.3 Å². The molecule has 4 heteroatoms. The lowest BCUT2D eigenvalue weighted by atomic mass is 9.71. The van der Waals surface area contributed by atoms with Gasteiger partial charge in [0.05, 0.1) is 51.6 Å². The molecule has 0 saturated heterocycles. The first-order chi connectivity index (χ1) is 46.8. The van der Waals surface area contributed by atoms with Crippen molar-refractivity contribution in [2.45, 2.75) is 31.1 Å². The Kier molecular flexibility index (Phi) is 12.6. The van der Waals surface area contributed by atoms with E-state index in [4.69, 9.17) is 4.85 Å². The average molecular weight is 1210 g/mol. The quantitative estimate of drug-likeness (QED) is 0.126. The third kappa shape index (κ3) is 8.38. The standard InChI is InChI=1S/C91H60N4/c1-90-57-91(2,80-43-25-24-42-79(80)90)86-85(90)88(94-81-48-44-62(70-38-20-16-34-66(70)58-26-8-4-9-27-58)52-74(81)75-53-63(45-49-82(75)94)71-39-21-17-35-67(71)59-28-10-5-11-29-59)78(56-92)87(93-3)89(86)95-83-50-46-64(72-40-22-18-36-68(72)60-30-12-6-13-31-60)54-76(83)77-55-65(47-51-84(77)95)73-41-23-19-37-69(73)61-32-14-7-15-33-61/h4-55H,57H2,1-2H3. The summed E-state index contributed by atoms with van der Waals surface area (Å²) in [5.74, 6) is 0. The summed E-state index contributed by atoms with van der Waals surface area (Å²) in [5, 5.41) is 16.7. The normalized spacial score (nSPS) is 15.3. The fourth-order valence-electron chi connectivity index (χ4n) is 16.8. The van der Waals surface area contributed by atoms with E-state index in [0.717, 1.165) is 162 Å². The zero-order valence-corrected chi connectivity index (χ0v) is 52.5. The molecule has 2 aliphatic carbocycles. The molecule has 0 fully saturated rings. The van der Waals surface area contributed by atoms with Crippen molar-refractivity contribution in [2.24, 2.45) is 0 Å². The van der Waals surface area contributed by atoms with Crippen LogP contribution in [0.3, 0.4) is 0 Å². The van der Waals surface area contributed by atoms with Crippen LogP contribution in [0.5, 0.6) is 0 Å². The van der Waals surface area contributed by atoms with Crippen molar-refractivity contribution in [3.8, 4) is 106 Å². The number of hydrogen-bond acceptors (Lipinski definition) is 1. The molecule has 2 aromatic heterocycles. The number of nitriles is 1. The summed E-state index contributed by atoms with van der Waals surface area (Å²) < 4.78 is 4.74. The van der Waals surface area contributed by atoms with Crippen LogP contribution in [0.25, 0.3) is 149 Å². The van der Waals surface area contributed by atoms with Gasteiger partial charge in [0.15, 0.2) is 0 Å². The highest BCUT2D eigenvalue weighted by molar-refractivity contribution is 6.15. The first-order valence-electron chi connectivity index (χ1n) is 32.7. The third-order valence-corrected chi connectivity index (χ3v) is 20.8. The first-order valence-corrected chi connectivity index (χ1v) is 32.7. The van der Waals surface area contributed by atoms with E-state index in [1.54, 1.807) is 0 Å². The molecule has 18 rings (SSSR count). The van der Waals surface area contributed by atoms with Crippen LogP contribution in [0.2, 0.25) is 0 Å². The van der Waals surface area contributed by atoms with E-state index in [1.807, 2.05) is 0 Å². The predicted octanol–water partition coefficient (Wildman–Crippen LogP) is 24.0. The van der Waals surface area contributed by atoms with E-state index >= 15 is 0 Å². The molecule has 4 nitrogen and oxygen atoms in total. The highest BCUT2D eigenvalue weighted by Gasteiger charge is 2.60. The Morgan fingerprint density at radius 2 is 0.568 bits per heavy atom. The van der Waals surface area contributed by atoms with Crippen LogP contribution in [0.15, 0.2) is 315 Å². The molecule has 2 aliphatic rings. The molecule has 0 saturated carbocycles. The number of hydrogen-bond donors (Lipinski definition) is 0. The molecule has 0 aliphatic heterocycles. The van der Waals surface area contributed by atoms with Gasteiger partial charge in [0, 0.05) is 32.4 Å². The second-order valence-electron chi connectivity index (χ2n) is 26.0. The van der Waals surface area contributed by atoms with Gasteiger partial charge in [-0.1, -0.05) is 281 Å². The van der Waals surface area contributed by atoms with Gasteiger partial charge in [-0.25, -0.2) is 4.85 Å². The van der Waals surface area contributed by atoms with Crippen LogP contribution in [0, 0.1) is 17.9 Å². The third-order valence-electron chi connectivity index (χ3n) is 20.8. The molecule has 14 aromatic carbocycles. The van der Waals surface area contributed by atoms with Crippen molar-refractivity contribution in [1.82, 2.24) is 9.13 Å². The van der Waals surface area contributed by atoms with Crippen LogP contribution in [-0.2, 0) is 10.8 Å². The molecule has 0 N–H and O–H groups in total. The molecule has 0 amide bonds. The maximum Gasteiger partial charge on any atom is 0.230 e. The lowest BCUT2D eigenvalue weighted by Gasteiger charge is -2.36. The summed E-state index contributed by atoms with van der Waals surface area (Å²) in [6, 6.07) is 117. The Balaban J connectivity index is 0.949. The smallest absolute Gasteiger partial charge is 0.230 e. The molecule has 444 valence electrons. The zero-order valence-electron chi connectivity index (χ0n) is 52.5. The van der Waals surface area contributed by atoms with E-state index in [1.165, 1.54) is 11.1 Å². The summed E-state index contributed by atoms with van der Waals surface area (Å²) >= 11 is 0. The highest BCUT2D eigenvalue weighted by Crippen LogP contribution is 2.68. The topological polar surface area (TPSA) is 38.0 Å². The van der Waals surface area contributed by atoms with E-state index in [9.17, 15) is 11.8 Å². The van der Waals surface area contributed by atoms with Gasteiger partial charge < -0.3 is 9.13 Å². The van der Waals surface area contributed by atoms with E-state index in [0.29, 0.717) is 11.3 Å². The average Bonchev–Trinajstić information content (AvgIpc) is 1.49. The SMILES string of the molecule is [C-]#[N+]c1c(C#N)c(-n2c3ccc(-c4ccccc4-c4ccccc4)cc3c3cc(-c4ccccc4-c4ccccc4)ccc32)c2c(c1-n1c3ccc(-c4ccccc4-c4ccccc4)cc3c3cc(-c4ccccc4-c4ccccc4)ccc31)C1(C)CC2(C)c2ccccc21. The van der Waals surface area contributed by atoms with Crippen molar-refractivity contribution in [1.29, 1.82) is 5.26 Å². The second kappa shape index (κ2) is 21.6. The van der Waals surface area contributed by atoms with Crippen LogP contribution in [0.1, 0.15) is 48.1 Å². The van der Waals surface area contributed by atoms with Gasteiger partial charge in [-0.15, -0.1) is 0 Å². The Morgan fingerprint density at radius 1 is 0.316 bits per heavy atom. The molecule has 2 heterocycles. The number of benzene rings is 14. The van der Waals surface area contributed by atoms with Crippen molar-refractivity contribution < 1.29 is 0 Å². The van der Waals surface area contributed by atoms with Crippen LogP contribution < -0.4 is 0 Å². The summed E-state index contributed by atoms with van der Waals surface area (Å²) in [5.41, 5.74) is 27.7. The molecule has 0 spiro atoms. The maximum absolute atomic E-state index is 12.5. The Labute approximate surface area is 552 Å². The van der Waals surface area contributed by atoms with Gasteiger partial charge in [-0.05, 0) is 166 Å². The van der Waals surface area contributed by atoms with Gasteiger partial charge in [-0.2, -0.15) is 5.26 Å². The first kappa shape index (κ1) is 55.5. The summed E-state index contributed by atoms with van der Waals surface area (Å²) in [7, 11) is 0. The minimum atomic E-state index is -0.579. The van der Waals surface area contributed by atoms with Gasteiger partial charge in [0.2, 0.25) is 5.69 Å². The Morgan fingerprint density at radius 3 is 0.853 bits per heavy atom. The van der Waals surface area contributed by atoms with Gasteiger partial charge in [0.25, 0.3) is 0 Å². The van der Waals surface area contributed by atoms with Gasteiger partial charge in [0.1, 0.15) is 0 Å². The minimum Gasteiger partial charge on any atom is -0.319 e. The molecule has 2 bridgehead atoms. The second-order valence-corrected chi connectivity index (χ2v) is 26.0. The van der Waals surface area contributed by atoms with Crippen molar-refractivity contribution in [3.63, 3.8) is 0 Å². The van der Waals surface area contributed by atoms with E-state index in [-0.39, 0.29) is 0 Å². The maximum atomic E-state index is 12.5. The van der Waals surface area contributed by atoms with Crippen LogP contribution in [0.4, 0.5) is 5.69 Å². The molecule has 0 radical (unpaired) electrons. The number of fused-ring (bicyclic) bond motifs is 14. The van der Waals surface area contributed by atoms with Crippen molar-refractivity contribution in [3.05, 3.63) is 355 Å². The van der Waals surface area contributed by atoms with E-state index in [2.05, 4.69) is 345 Å². The number of aromatic nitrogens is 2. The summed E-state index contributed by atoms with van der Waals surface area (Å²) in [6.07, 6.45) is 0.761. The molecular weight excluding hydrogens is 1150 g/mol. The van der Waals surface area contributed by atoms with E-state index < -0.39 is 10.8 Å². The van der Waals surface area contributed by atoms with Gasteiger partial charge >= 0.3 is 0 Å². The summed E-state index contributed by atoms with van der Waals surface area (Å²) in [6.45, 7) is 14.5. The molecule has 2 unspecified atom stereocenters. The molecule has 16 aromatic rings. The fourth-order valence-corrected chi connectivity index (χ4v) is 16.8. The monoisotopic (exact) mass is 1210 g/mol. The Hall–Kier alpha value is -12.3. The minimum absolute atomic E-state index is 0.337. The lowest BCUT2D eigenvalue weighted by Crippen LogP contribution is -2.26. The molecule has 95 heavy (non-hydrogen) atoms. The predicted molar refractivity (Wildman–Crippen MR) is 394 cm³/mol. The van der Waals surface area contributed by atoms with Crippen LogP contribution >= 0.6 is 0 Å². The largest absolute Gasteiger partial charge is 0.319 e. The summed E-state index contributed by atoms with van der Waals surface area (Å²) in [4.78, 5) is 4.71. The zero-order chi connectivity index (χ0) is 63.5. The number of nitrogens with zero attached hydrogens (tertiary/aromatic N) is 4. The van der Waals surface area contributed by atoms with Gasteiger partial charge in [-0.3, -0.25) is 0 Å².